The Morgan fingerprint density at radius 1 is 1.00 bits per heavy atom. The van der Waals surface area contributed by atoms with Gasteiger partial charge in [0.2, 0.25) is 0 Å². The second-order valence-corrected chi connectivity index (χ2v) is 6.81. The molecular weight excluding hydrogens is 365 g/mol. The molecule has 1 aliphatic rings. The summed E-state index contributed by atoms with van der Waals surface area (Å²) in [5.74, 6) is -1.29. The normalized spacial score (nSPS) is 14.4. The van der Waals surface area contributed by atoms with Gasteiger partial charge in [0.1, 0.15) is 5.82 Å². The molecule has 1 aliphatic carbocycles. The Labute approximate surface area is 162 Å². The second kappa shape index (κ2) is 8.78. The number of carbonyl (C=O) groups is 2. The van der Waals surface area contributed by atoms with Crippen LogP contribution in [0.15, 0.2) is 60.2 Å². The first-order chi connectivity index (χ1) is 13.0. The van der Waals surface area contributed by atoms with Crippen LogP contribution in [-0.4, -0.2) is 11.8 Å². The van der Waals surface area contributed by atoms with Crippen LogP contribution in [0.1, 0.15) is 36.8 Å². The first-order valence-electron chi connectivity index (χ1n) is 8.81. The lowest BCUT2D eigenvalue weighted by Gasteiger charge is -2.13. The maximum Gasteiger partial charge on any atom is 0.258 e. The zero-order chi connectivity index (χ0) is 19.2. The summed E-state index contributed by atoms with van der Waals surface area (Å²) in [5.41, 5.74) is 2.19. The van der Waals surface area contributed by atoms with Crippen LogP contribution in [0.25, 0.3) is 11.6 Å². The van der Waals surface area contributed by atoms with Crippen molar-refractivity contribution >= 4 is 35.1 Å². The molecule has 0 saturated heterocycles. The number of allylic oxidation sites excluding steroid dienone is 1. The van der Waals surface area contributed by atoms with Crippen molar-refractivity contribution in [1.29, 1.82) is 0 Å². The summed E-state index contributed by atoms with van der Waals surface area (Å²) in [5, 5.41) is 3.04. The van der Waals surface area contributed by atoms with E-state index < -0.39 is 11.7 Å². The average molecular weight is 384 g/mol. The molecule has 27 heavy (non-hydrogen) atoms. The third-order valence-corrected chi connectivity index (χ3v) is 4.64. The number of imide groups is 1. The van der Waals surface area contributed by atoms with E-state index in [1.54, 1.807) is 30.3 Å². The molecule has 0 unspecified atom stereocenters. The van der Waals surface area contributed by atoms with Crippen molar-refractivity contribution in [2.24, 2.45) is 0 Å². The summed E-state index contributed by atoms with van der Waals surface area (Å²) in [6, 6.07) is 12.6. The molecule has 2 aromatic carbocycles. The third kappa shape index (κ3) is 5.14. The van der Waals surface area contributed by atoms with E-state index in [-0.39, 0.29) is 11.5 Å². The number of hydrogen-bond donors (Lipinski definition) is 1. The Hall–Kier alpha value is -2.72. The number of halogens is 2. The summed E-state index contributed by atoms with van der Waals surface area (Å²) in [7, 11) is 0. The lowest BCUT2D eigenvalue weighted by molar-refractivity contribution is -0.125. The molecule has 3 rings (SSSR count). The molecule has 0 atom stereocenters. The maximum absolute atomic E-state index is 13.3. The quantitative estimate of drug-likeness (QED) is 0.585. The smallest absolute Gasteiger partial charge is 0.258 e. The van der Waals surface area contributed by atoms with Gasteiger partial charge >= 0.3 is 0 Å². The molecule has 0 heterocycles. The van der Waals surface area contributed by atoms with Crippen LogP contribution in [0.3, 0.4) is 0 Å². The summed E-state index contributed by atoms with van der Waals surface area (Å²) in [6.07, 6.45) is 7.06. The van der Waals surface area contributed by atoms with Crippen molar-refractivity contribution in [3.8, 4) is 0 Å². The fourth-order valence-electron chi connectivity index (χ4n) is 2.93. The molecule has 3 nitrogen and oxygen atoms in total. The van der Waals surface area contributed by atoms with Crippen LogP contribution < -0.4 is 5.32 Å². The highest BCUT2D eigenvalue weighted by atomic mass is 35.5. The highest BCUT2D eigenvalue weighted by molar-refractivity contribution is 6.31. The van der Waals surface area contributed by atoms with Crippen LogP contribution in [0.5, 0.6) is 0 Å². The molecule has 5 heteroatoms. The number of nitrogens with one attached hydrogen (secondary N) is 1. The molecule has 2 amide bonds. The van der Waals surface area contributed by atoms with E-state index in [0.717, 1.165) is 24.8 Å². The van der Waals surface area contributed by atoms with Gasteiger partial charge in [0, 0.05) is 16.2 Å². The number of rotatable bonds is 4. The van der Waals surface area contributed by atoms with Gasteiger partial charge < -0.3 is 0 Å². The molecule has 0 saturated carbocycles. The van der Waals surface area contributed by atoms with Gasteiger partial charge in [-0.25, -0.2) is 4.39 Å². The largest absolute Gasteiger partial charge is 0.288 e. The van der Waals surface area contributed by atoms with Gasteiger partial charge in [-0.2, -0.15) is 0 Å². The van der Waals surface area contributed by atoms with Gasteiger partial charge in [-0.3, -0.25) is 14.9 Å². The van der Waals surface area contributed by atoms with E-state index in [0.29, 0.717) is 22.6 Å². The minimum Gasteiger partial charge on any atom is -0.288 e. The van der Waals surface area contributed by atoms with Gasteiger partial charge in [0.05, 0.1) is 0 Å². The van der Waals surface area contributed by atoms with Gasteiger partial charge in [0.15, 0.2) is 0 Å². The molecule has 0 radical (unpaired) electrons. The van der Waals surface area contributed by atoms with Gasteiger partial charge in [-0.1, -0.05) is 41.9 Å². The first kappa shape index (κ1) is 19.1. The molecule has 138 valence electrons. The van der Waals surface area contributed by atoms with E-state index >= 15 is 0 Å². The molecule has 0 aliphatic heterocycles. The summed E-state index contributed by atoms with van der Waals surface area (Å²) in [4.78, 5) is 25.2. The molecule has 0 aromatic heterocycles. The van der Waals surface area contributed by atoms with E-state index in [2.05, 4.69) is 5.32 Å². The van der Waals surface area contributed by atoms with Crippen LogP contribution in [0.2, 0.25) is 5.02 Å². The minimum absolute atomic E-state index is 0.280. The first-order valence-corrected chi connectivity index (χ1v) is 9.18. The molecule has 2 aromatic rings. The third-order valence-electron chi connectivity index (χ3n) is 4.39. The van der Waals surface area contributed by atoms with E-state index in [9.17, 15) is 14.0 Å². The Balaban J connectivity index is 1.89. The Morgan fingerprint density at radius 3 is 2.33 bits per heavy atom. The van der Waals surface area contributed by atoms with Crippen LogP contribution >= 0.6 is 11.6 Å². The Morgan fingerprint density at radius 2 is 1.70 bits per heavy atom. The van der Waals surface area contributed by atoms with E-state index in [4.69, 9.17) is 11.6 Å². The van der Waals surface area contributed by atoms with E-state index in [1.807, 2.05) is 6.08 Å². The number of carbonyl (C=O) groups excluding carboxylic acids is 2. The Bertz CT molecular complexity index is 899. The highest BCUT2D eigenvalue weighted by Crippen LogP contribution is 2.22. The fraction of sp³-hybridized carbons (Fsp3) is 0.182. The van der Waals surface area contributed by atoms with Crippen LogP contribution in [-0.2, 0) is 9.59 Å². The minimum atomic E-state index is -0.520. The van der Waals surface area contributed by atoms with Crippen molar-refractivity contribution < 1.29 is 14.0 Å². The predicted octanol–water partition coefficient (Wildman–Crippen LogP) is 5.16. The lowest BCUT2D eigenvalue weighted by atomic mass is 9.98. The van der Waals surface area contributed by atoms with Gasteiger partial charge in [-0.05, 0) is 67.2 Å². The van der Waals surface area contributed by atoms with Crippen molar-refractivity contribution in [2.45, 2.75) is 25.7 Å². The zero-order valence-corrected chi connectivity index (χ0v) is 15.4. The standard InChI is InChI=1S/C22H19ClFNO2/c23-18-10-6-15(7-11-18)14-20(16-8-12-19(24)13-9-16)22(27)25-21(26)17-4-2-1-3-5-17/h4,6-14H,1-3,5H2,(H,25,26,27)/b20-14+. The van der Waals surface area contributed by atoms with Crippen molar-refractivity contribution in [3.05, 3.63) is 82.1 Å². The summed E-state index contributed by atoms with van der Waals surface area (Å²) in [6.45, 7) is 0. The van der Waals surface area contributed by atoms with Crippen molar-refractivity contribution in [1.82, 2.24) is 5.32 Å². The number of benzene rings is 2. The maximum atomic E-state index is 13.3. The summed E-state index contributed by atoms with van der Waals surface area (Å²) >= 11 is 5.91. The molecular formula is C22H19ClFNO2. The molecule has 0 bridgehead atoms. The van der Waals surface area contributed by atoms with Crippen molar-refractivity contribution in [3.63, 3.8) is 0 Å². The Kier molecular flexibility index (Phi) is 6.20. The zero-order valence-electron chi connectivity index (χ0n) is 14.7. The molecule has 0 spiro atoms. The average Bonchev–Trinajstić information content (AvgIpc) is 2.69. The second-order valence-electron chi connectivity index (χ2n) is 6.37. The van der Waals surface area contributed by atoms with Crippen LogP contribution in [0.4, 0.5) is 4.39 Å². The molecule has 1 N–H and O–H groups in total. The highest BCUT2D eigenvalue weighted by Gasteiger charge is 2.19. The number of hydrogen-bond acceptors (Lipinski definition) is 2. The SMILES string of the molecule is O=C(NC(=O)/C(=C/c1ccc(Cl)cc1)c1ccc(F)cc1)C1=CCCCC1. The number of amides is 2. The van der Waals surface area contributed by atoms with E-state index in [1.165, 1.54) is 24.3 Å². The predicted molar refractivity (Wildman–Crippen MR) is 105 cm³/mol. The summed E-state index contributed by atoms with van der Waals surface area (Å²) < 4.78 is 13.3. The van der Waals surface area contributed by atoms with Gasteiger partial charge in [0.25, 0.3) is 11.8 Å². The van der Waals surface area contributed by atoms with Crippen molar-refractivity contribution in [2.75, 3.05) is 0 Å². The van der Waals surface area contributed by atoms with Crippen LogP contribution in [0, 0.1) is 5.82 Å². The topological polar surface area (TPSA) is 46.2 Å². The lowest BCUT2D eigenvalue weighted by Crippen LogP contribution is -2.32. The fourth-order valence-corrected chi connectivity index (χ4v) is 3.06. The monoisotopic (exact) mass is 383 g/mol. The van der Waals surface area contributed by atoms with Gasteiger partial charge in [-0.15, -0.1) is 0 Å². The molecule has 0 fully saturated rings.